The average Bonchev–Trinajstić information content (AvgIpc) is 2.35. The van der Waals surface area contributed by atoms with Crippen LogP contribution in [0, 0.1) is 0 Å². The molecule has 0 spiro atoms. The molecule has 0 unspecified atom stereocenters. The van der Waals surface area contributed by atoms with E-state index in [0.717, 1.165) is 12.0 Å². The van der Waals surface area contributed by atoms with Crippen LogP contribution in [0.1, 0.15) is 28.8 Å². The average molecular weight is 267 g/mol. The molecular formula is C13H17NO3S. The third kappa shape index (κ3) is 2.62. The number of carbonyl (C=O) groups is 1. The smallest absolute Gasteiger partial charge is 0.178 e. The minimum Gasteiger partial charge on any atom is -0.319 e. The summed E-state index contributed by atoms with van der Waals surface area (Å²) in [5.74, 6) is 0.266. The number of aryl methyl sites for hydroxylation is 1. The Bertz CT molecular complexity index is 564. The number of benzene rings is 1. The summed E-state index contributed by atoms with van der Waals surface area (Å²) in [5.41, 5.74) is 1.40. The van der Waals surface area contributed by atoms with Gasteiger partial charge in [0.15, 0.2) is 15.6 Å². The molecule has 98 valence electrons. The highest BCUT2D eigenvalue weighted by Crippen LogP contribution is 2.26. The number of carbonyl (C=O) groups excluding carboxylic acids is 1. The van der Waals surface area contributed by atoms with Crippen LogP contribution in [0.3, 0.4) is 0 Å². The summed E-state index contributed by atoms with van der Waals surface area (Å²) in [6.45, 7) is 0.633. The van der Waals surface area contributed by atoms with Gasteiger partial charge in [-0.1, -0.05) is 6.07 Å². The normalized spacial score (nSPS) is 17.2. The third-order valence-electron chi connectivity index (χ3n) is 3.18. The molecular weight excluding hydrogens is 250 g/mol. The van der Waals surface area contributed by atoms with E-state index < -0.39 is 9.84 Å². The lowest BCUT2D eigenvalue weighted by molar-refractivity contribution is 0.0983. The Balaban J connectivity index is 2.30. The number of Topliss-reactive ketones (excluding diaryl/α,β-unsaturated/α-hetero) is 1. The second-order valence-corrected chi connectivity index (χ2v) is 6.60. The molecule has 0 amide bonds. The van der Waals surface area contributed by atoms with Gasteiger partial charge in [0.05, 0.1) is 10.6 Å². The number of fused-ring (bicyclic) bond motifs is 1. The first kappa shape index (κ1) is 13.2. The van der Waals surface area contributed by atoms with Gasteiger partial charge in [-0.25, -0.2) is 8.42 Å². The molecule has 18 heavy (non-hydrogen) atoms. The fourth-order valence-electron chi connectivity index (χ4n) is 2.20. The molecule has 0 saturated carbocycles. The van der Waals surface area contributed by atoms with Crippen molar-refractivity contribution in [3.63, 3.8) is 0 Å². The highest BCUT2D eigenvalue weighted by atomic mass is 32.2. The highest BCUT2D eigenvalue weighted by Gasteiger charge is 2.24. The molecule has 0 saturated heterocycles. The fraction of sp³-hybridized carbons (Fsp3) is 0.462. The second-order valence-electron chi connectivity index (χ2n) is 4.52. The lowest BCUT2D eigenvalue weighted by atomic mass is 10.0. The summed E-state index contributed by atoms with van der Waals surface area (Å²) in [7, 11) is -1.33. The zero-order valence-corrected chi connectivity index (χ0v) is 11.2. The molecule has 0 radical (unpaired) electrons. The van der Waals surface area contributed by atoms with Crippen LogP contribution < -0.4 is 5.32 Å². The van der Waals surface area contributed by atoms with Gasteiger partial charge in [-0.15, -0.1) is 0 Å². The number of hydrogen-bond acceptors (Lipinski definition) is 4. The zero-order valence-electron chi connectivity index (χ0n) is 10.4. The van der Waals surface area contributed by atoms with Crippen molar-refractivity contribution in [3.8, 4) is 0 Å². The molecule has 0 bridgehead atoms. The maximum atomic E-state index is 11.9. The Kier molecular flexibility index (Phi) is 3.82. The number of sulfone groups is 1. The predicted octanol–water partition coefficient (Wildman–Crippen LogP) is 1.20. The first-order chi connectivity index (χ1) is 8.54. The van der Waals surface area contributed by atoms with Crippen LogP contribution in [0.4, 0.5) is 0 Å². The molecule has 1 aromatic carbocycles. The van der Waals surface area contributed by atoms with Gasteiger partial charge in [0, 0.05) is 18.5 Å². The summed E-state index contributed by atoms with van der Waals surface area (Å²) in [5, 5.41) is 2.93. The van der Waals surface area contributed by atoms with Gasteiger partial charge in [-0.05, 0) is 37.6 Å². The molecule has 2 rings (SSSR count). The Morgan fingerprint density at radius 2 is 2.17 bits per heavy atom. The maximum absolute atomic E-state index is 11.9. The molecule has 5 heteroatoms. The molecule has 0 fully saturated rings. The molecule has 0 aromatic heterocycles. The minimum absolute atomic E-state index is 0.0510. The minimum atomic E-state index is -3.13. The molecule has 1 aliphatic rings. The van der Waals surface area contributed by atoms with Gasteiger partial charge in [0.2, 0.25) is 0 Å². The van der Waals surface area contributed by atoms with Crippen molar-refractivity contribution in [2.24, 2.45) is 0 Å². The largest absolute Gasteiger partial charge is 0.319 e. The van der Waals surface area contributed by atoms with E-state index in [2.05, 4.69) is 5.32 Å². The van der Waals surface area contributed by atoms with Crippen molar-refractivity contribution in [3.05, 3.63) is 29.3 Å². The van der Waals surface area contributed by atoms with Crippen molar-refractivity contribution < 1.29 is 13.2 Å². The second kappa shape index (κ2) is 5.20. The number of hydrogen-bond donors (Lipinski definition) is 1. The quantitative estimate of drug-likeness (QED) is 0.833. The summed E-state index contributed by atoms with van der Waals surface area (Å²) in [6.07, 6.45) is 1.81. The van der Waals surface area contributed by atoms with E-state index in [-0.39, 0.29) is 11.5 Å². The van der Waals surface area contributed by atoms with E-state index in [1.807, 2.05) is 0 Å². The molecule has 4 nitrogen and oxygen atoms in total. The standard InChI is InChI=1S/C13H17NO3S/c1-14-7-6-12(15)10-4-5-13-11(9-10)3-2-8-18(13,16)17/h4-5,9,14H,2-3,6-8H2,1H3. The maximum Gasteiger partial charge on any atom is 0.178 e. The van der Waals surface area contributed by atoms with Crippen molar-refractivity contribution in [1.82, 2.24) is 5.32 Å². The van der Waals surface area contributed by atoms with Gasteiger partial charge >= 0.3 is 0 Å². The van der Waals surface area contributed by atoms with Gasteiger partial charge in [-0.2, -0.15) is 0 Å². The van der Waals surface area contributed by atoms with E-state index in [1.165, 1.54) is 0 Å². The van der Waals surface area contributed by atoms with Crippen LogP contribution in [-0.4, -0.2) is 33.5 Å². The van der Waals surface area contributed by atoms with Crippen molar-refractivity contribution >= 4 is 15.6 Å². The zero-order chi connectivity index (χ0) is 13.2. The Morgan fingerprint density at radius 1 is 1.39 bits per heavy atom. The lowest BCUT2D eigenvalue weighted by Crippen LogP contribution is -2.17. The van der Waals surface area contributed by atoms with Crippen molar-refractivity contribution in [1.29, 1.82) is 0 Å². The van der Waals surface area contributed by atoms with Crippen LogP contribution >= 0.6 is 0 Å². The topological polar surface area (TPSA) is 63.2 Å². The monoisotopic (exact) mass is 267 g/mol. The molecule has 1 heterocycles. The van der Waals surface area contributed by atoms with Crippen LogP contribution in [0.2, 0.25) is 0 Å². The SMILES string of the molecule is CNCCC(=O)c1ccc2c(c1)CCCS2(=O)=O. The van der Waals surface area contributed by atoms with Gasteiger partial charge < -0.3 is 5.32 Å². The van der Waals surface area contributed by atoms with E-state index in [4.69, 9.17) is 0 Å². The molecule has 1 aliphatic heterocycles. The Morgan fingerprint density at radius 3 is 2.89 bits per heavy atom. The number of nitrogens with one attached hydrogen (secondary N) is 1. The van der Waals surface area contributed by atoms with E-state index in [0.29, 0.717) is 29.8 Å². The van der Waals surface area contributed by atoms with Gasteiger partial charge in [0.1, 0.15) is 0 Å². The fourth-order valence-corrected chi connectivity index (χ4v) is 3.78. The molecule has 1 aromatic rings. The molecule has 0 aliphatic carbocycles. The van der Waals surface area contributed by atoms with Gasteiger partial charge in [-0.3, -0.25) is 4.79 Å². The van der Waals surface area contributed by atoms with E-state index in [1.54, 1.807) is 25.2 Å². The number of ketones is 1. The summed E-state index contributed by atoms with van der Waals surface area (Å²) >= 11 is 0. The Hall–Kier alpha value is -1.20. The van der Waals surface area contributed by atoms with Crippen LogP contribution in [0.5, 0.6) is 0 Å². The van der Waals surface area contributed by atoms with Crippen LogP contribution in [0.15, 0.2) is 23.1 Å². The first-order valence-electron chi connectivity index (χ1n) is 6.08. The predicted molar refractivity (Wildman–Crippen MR) is 69.7 cm³/mol. The Labute approximate surface area is 107 Å². The van der Waals surface area contributed by atoms with Crippen LogP contribution in [0.25, 0.3) is 0 Å². The van der Waals surface area contributed by atoms with E-state index in [9.17, 15) is 13.2 Å². The summed E-state index contributed by atoms with van der Waals surface area (Å²) < 4.78 is 23.7. The van der Waals surface area contributed by atoms with Crippen molar-refractivity contribution in [2.75, 3.05) is 19.3 Å². The summed E-state index contributed by atoms with van der Waals surface area (Å²) in [4.78, 5) is 12.3. The molecule has 1 N–H and O–H groups in total. The third-order valence-corrected chi connectivity index (χ3v) is 5.07. The van der Waals surface area contributed by atoms with Crippen LogP contribution in [-0.2, 0) is 16.3 Å². The van der Waals surface area contributed by atoms with E-state index >= 15 is 0 Å². The number of rotatable bonds is 4. The van der Waals surface area contributed by atoms with Gasteiger partial charge in [0.25, 0.3) is 0 Å². The lowest BCUT2D eigenvalue weighted by Gasteiger charge is -2.16. The summed E-state index contributed by atoms with van der Waals surface area (Å²) in [6, 6.07) is 4.94. The molecule has 0 atom stereocenters. The first-order valence-corrected chi connectivity index (χ1v) is 7.73. The highest BCUT2D eigenvalue weighted by molar-refractivity contribution is 7.91. The van der Waals surface area contributed by atoms with Crippen molar-refractivity contribution in [2.45, 2.75) is 24.2 Å².